The molecule has 25 heavy (non-hydrogen) atoms. The second kappa shape index (κ2) is 9.81. The zero-order valence-electron chi connectivity index (χ0n) is 14.4. The number of amides is 2. The van der Waals surface area contributed by atoms with Crippen LogP contribution in [0.3, 0.4) is 0 Å². The molecule has 134 valence electrons. The Morgan fingerprint density at radius 1 is 1.04 bits per heavy atom. The molecule has 0 heterocycles. The van der Waals surface area contributed by atoms with Crippen molar-refractivity contribution < 1.29 is 9.59 Å². The maximum Gasteiger partial charge on any atom is 0.251 e. The van der Waals surface area contributed by atoms with E-state index >= 15 is 0 Å². The molecule has 0 radical (unpaired) electrons. The van der Waals surface area contributed by atoms with Gasteiger partial charge in [-0.15, -0.1) is 12.4 Å². The van der Waals surface area contributed by atoms with Gasteiger partial charge in [-0.1, -0.05) is 42.5 Å². The maximum atomic E-state index is 12.4. The van der Waals surface area contributed by atoms with Crippen LogP contribution in [0.15, 0.2) is 54.6 Å². The number of halogens is 1. The molecule has 0 saturated carbocycles. The fourth-order valence-electron chi connectivity index (χ4n) is 2.50. The number of nitrogens with two attached hydrogens (primary N) is 1. The smallest absolute Gasteiger partial charge is 0.251 e. The van der Waals surface area contributed by atoms with Crippen LogP contribution in [-0.2, 0) is 17.8 Å². The van der Waals surface area contributed by atoms with Crippen molar-refractivity contribution in [1.82, 2.24) is 10.2 Å². The lowest BCUT2D eigenvalue weighted by Gasteiger charge is -2.21. The number of carbonyl (C=O) groups is 2. The number of likely N-dealkylation sites (N-methyl/N-ethyl adjacent to an activating group) is 1. The third-order valence-electron chi connectivity index (χ3n) is 3.85. The van der Waals surface area contributed by atoms with Crippen LogP contribution < -0.4 is 11.1 Å². The predicted octanol–water partition coefficient (Wildman–Crippen LogP) is 2.00. The number of nitrogens with one attached hydrogen (secondary N) is 1. The maximum absolute atomic E-state index is 12.4. The van der Waals surface area contributed by atoms with Crippen molar-refractivity contribution in [3.05, 3.63) is 71.3 Å². The first-order chi connectivity index (χ1) is 11.5. The number of hydrogen-bond donors (Lipinski definition) is 2. The number of nitrogens with zero attached hydrogens (tertiary/aromatic N) is 1. The first-order valence-corrected chi connectivity index (χ1v) is 7.86. The van der Waals surface area contributed by atoms with Crippen LogP contribution in [0.4, 0.5) is 0 Å². The van der Waals surface area contributed by atoms with Crippen LogP contribution in [0.2, 0.25) is 0 Å². The Balaban J connectivity index is 0.00000312. The van der Waals surface area contributed by atoms with E-state index in [1.165, 1.54) is 0 Å². The van der Waals surface area contributed by atoms with Gasteiger partial charge in [-0.25, -0.2) is 0 Å². The second-order valence-electron chi connectivity index (χ2n) is 5.77. The normalized spacial score (nSPS) is 11.2. The Labute approximate surface area is 154 Å². The largest absolute Gasteiger partial charge is 0.355 e. The third kappa shape index (κ3) is 5.89. The van der Waals surface area contributed by atoms with Crippen molar-refractivity contribution in [3.8, 4) is 0 Å². The van der Waals surface area contributed by atoms with Crippen LogP contribution >= 0.6 is 12.4 Å². The van der Waals surface area contributed by atoms with Crippen molar-refractivity contribution in [2.24, 2.45) is 5.73 Å². The summed E-state index contributed by atoms with van der Waals surface area (Å²) >= 11 is 0. The average Bonchev–Trinajstić information content (AvgIpc) is 2.61. The zero-order valence-corrected chi connectivity index (χ0v) is 15.3. The van der Waals surface area contributed by atoms with Crippen LogP contribution in [-0.4, -0.2) is 36.9 Å². The Morgan fingerprint density at radius 3 is 2.20 bits per heavy atom. The van der Waals surface area contributed by atoms with E-state index in [2.05, 4.69) is 5.32 Å². The van der Waals surface area contributed by atoms with E-state index < -0.39 is 6.04 Å². The van der Waals surface area contributed by atoms with E-state index in [1.54, 1.807) is 31.1 Å². The van der Waals surface area contributed by atoms with Crippen molar-refractivity contribution in [1.29, 1.82) is 0 Å². The van der Waals surface area contributed by atoms with Gasteiger partial charge in [-0.3, -0.25) is 9.59 Å². The zero-order chi connectivity index (χ0) is 17.5. The van der Waals surface area contributed by atoms with E-state index in [0.29, 0.717) is 18.5 Å². The molecular formula is C19H24ClN3O2. The molecule has 2 aromatic carbocycles. The first kappa shape index (κ1) is 20.7. The fraction of sp³-hybridized carbons (Fsp3) is 0.263. The van der Waals surface area contributed by atoms with E-state index in [0.717, 1.165) is 11.1 Å². The number of carbonyl (C=O) groups excluding carboxylic acids is 2. The summed E-state index contributed by atoms with van der Waals surface area (Å²) in [6.45, 7) is 0.454. The highest BCUT2D eigenvalue weighted by Crippen LogP contribution is 2.09. The van der Waals surface area contributed by atoms with Crippen molar-refractivity contribution >= 4 is 24.2 Å². The standard InChI is InChI=1S/C19H23N3O2.ClH/c1-21-18(23)16-10-8-15(9-11-16)13-22(2)19(24)17(20)12-14-6-4-3-5-7-14;/h3-11,17H,12-13,20H2,1-2H3,(H,21,23);1H. The summed E-state index contributed by atoms with van der Waals surface area (Å²) in [6.07, 6.45) is 0.514. The Morgan fingerprint density at radius 2 is 1.64 bits per heavy atom. The molecular weight excluding hydrogens is 338 g/mol. The molecule has 1 unspecified atom stereocenters. The lowest BCUT2D eigenvalue weighted by atomic mass is 10.1. The minimum Gasteiger partial charge on any atom is -0.355 e. The minimum atomic E-state index is -0.567. The Bertz CT molecular complexity index is 690. The molecule has 0 aliphatic rings. The third-order valence-corrected chi connectivity index (χ3v) is 3.85. The van der Waals surface area contributed by atoms with Gasteiger partial charge >= 0.3 is 0 Å². The topological polar surface area (TPSA) is 75.4 Å². The van der Waals surface area contributed by atoms with Crippen LogP contribution in [0.1, 0.15) is 21.5 Å². The van der Waals surface area contributed by atoms with E-state index in [-0.39, 0.29) is 24.2 Å². The molecule has 3 N–H and O–H groups in total. The first-order valence-electron chi connectivity index (χ1n) is 7.86. The number of rotatable bonds is 6. The molecule has 1 atom stereocenters. The van der Waals surface area contributed by atoms with Gasteiger partial charge in [0.05, 0.1) is 6.04 Å². The van der Waals surface area contributed by atoms with E-state index in [4.69, 9.17) is 5.73 Å². The quantitative estimate of drug-likeness (QED) is 0.826. The summed E-state index contributed by atoms with van der Waals surface area (Å²) in [5, 5.41) is 2.58. The van der Waals surface area contributed by atoms with Gasteiger partial charge < -0.3 is 16.0 Å². The molecule has 0 saturated heterocycles. The lowest BCUT2D eigenvalue weighted by Crippen LogP contribution is -2.42. The molecule has 0 aliphatic carbocycles. The lowest BCUT2D eigenvalue weighted by molar-refractivity contribution is -0.131. The number of hydrogen-bond acceptors (Lipinski definition) is 3. The summed E-state index contributed by atoms with van der Waals surface area (Å²) in [5.41, 5.74) is 8.63. The van der Waals surface area contributed by atoms with Gasteiger partial charge in [-0.05, 0) is 29.7 Å². The summed E-state index contributed by atoms with van der Waals surface area (Å²) in [7, 11) is 3.33. The molecule has 2 amide bonds. The molecule has 6 heteroatoms. The van der Waals surface area contributed by atoms with Gasteiger partial charge in [-0.2, -0.15) is 0 Å². The highest BCUT2D eigenvalue weighted by atomic mass is 35.5. The fourth-order valence-corrected chi connectivity index (χ4v) is 2.50. The van der Waals surface area contributed by atoms with Gasteiger partial charge in [0.2, 0.25) is 5.91 Å². The highest BCUT2D eigenvalue weighted by Gasteiger charge is 2.18. The van der Waals surface area contributed by atoms with E-state index in [1.807, 2.05) is 42.5 Å². The van der Waals surface area contributed by atoms with Gasteiger partial charge in [0.15, 0.2) is 0 Å². The molecule has 0 spiro atoms. The SMILES string of the molecule is CNC(=O)c1ccc(CN(C)C(=O)C(N)Cc2ccccc2)cc1.Cl. The Hall–Kier alpha value is -2.37. The van der Waals surface area contributed by atoms with E-state index in [9.17, 15) is 9.59 Å². The van der Waals surface area contributed by atoms with Crippen molar-refractivity contribution in [2.75, 3.05) is 14.1 Å². The summed E-state index contributed by atoms with van der Waals surface area (Å²) < 4.78 is 0. The highest BCUT2D eigenvalue weighted by molar-refractivity contribution is 5.93. The number of benzene rings is 2. The predicted molar refractivity (Wildman–Crippen MR) is 102 cm³/mol. The monoisotopic (exact) mass is 361 g/mol. The van der Waals surface area contributed by atoms with Crippen molar-refractivity contribution in [2.45, 2.75) is 19.0 Å². The van der Waals surface area contributed by atoms with Gasteiger partial charge in [0, 0.05) is 26.2 Å². The molecule has 0 aliphatic heterocycles. The van der Waals surface area contributed by atoms with Gasteiger partial charge in [0.1, 0.15) is 0 Å². The molecule has 0 aromatic heterocycles. The van der Waals surface area contributed by atoms with Crippen LogP contribution in [0.5, 0.6) is 0 Å². The Kier molecular flexibility index (Phi) is 8.11. The molecule has 0 bridgehead atoms. The summed E-state index contributed by atoms with van der Waals surface area (Å²) in [6, 6.07) is 16.3. The summed E-state index contributed by atoms with van der Waals surface area (Å²) in [5.74, 6) is -0.231. The van der Waals surface area contributed by atoms with Gasteiger partial charge in [0.25, 0.3) is 5.91 Å². The average molecular weight is 362 g/mol. The van der Waals surface area contributed by atoms with Crippen LogP contribution in [0, 0.1) is 0 Å². The molecule has 5 nitrogen and oxygen atoms in total. The van der Waals surface area contributed by atoms with Crippen LogP contribution in [0.25, 0.3) is 0 Å². The molecule has 2 rings (SSSR count). The summed E-state index contributed by atoms with van der Waals surface area (Å²) in [4.78, 5) is 25.5. The second-order valence-corrected chi connectivity index (χ2v) is 5.77. The molecule has 2 aromatic rings. The molecule has 0 fully saturated rings. The van der Waals surface area contributed by atoms with Crippen molar-refractivity contribution in [3.63, 3.8) is 0 Å². The minimum absolute atomic E-state index is 0.